The lowest BCUT2D eigenvalue weighted by atomic mass is 10.0. The van der Waals surface area contributed by atoms with Gasteiger partial charge in [-0.15, -0.1) is 0 Å². The van der Waals surface area contributed by atoms with Crippen LogP contribution >= 0.6 is 35.5 Å². The number of nitrogens with zero attached hydrogens (tertiary/aromatic N) is 7. The topological polar surface area (TPSA) is 112 Å². The van der Waals surface area contributed by atoms with Crippen LogP contribution in [0.5, 0.6) is 5.75 Å². The molecular formula is C32H38BrClN9O2P. The Morgan fingerprint density at radius 3 is 2.46 bits per heavy atom. The number of rotatable bonds is 8. The van der Waals surface area contributed by atoms with E-state index in [0.29, 0.717) is 57.4 Å². The maximum absolute atomic E-state index is 13.6. The van der Waals surface area contributed by atoms with Gasteiger partial charge in [0.2, 0.25) is 5.95 Å². The fraction of sp³-hybridized carbons (Fsp3) is 0.406. The zero-order valence-corrected chi connectivity index (χ0v) is 29.7. The molecule has 0 unspecified atom stereocenters. The second kappa shape index (κ2) is 14.3. The molecule has 0 bridgehead atoms. The van der Waals surface area contributed by atoms with Crippen LogP contribution in [0.15, 0.2) is 47.3 Å². The van der Waals surface area contributed by atoms with Gasteiger partial charge in [0.15, 0.2) is 0 Å². The molecule has 0 atom stereocenters. The number of ether oxygens (including phenoxy) is 1. The molecule has 2 aliphatic rings. The van der Waals surface area contributed by atoms with Gasteiger partial charge in [0.05, 0.1) is 38.9 Å². The minimum atomic E-state index is -0.506. The molecule has 2 saturated heterocycles. The number of benzene rings is 2. The van der Waals surface area contributed by atoms with Crippen molar-refractivity contribution in [2.75, 3.05) is 77.4 Å². The first kappa shape index (κ1) is 32.8. The van der Waals surface area contributed by atoms with E-state index in [1.807, 2.05) is 17.0 Å². The van der Waals surface area contributed by atoms with Gasteiger partial charge in [0.25, 0.3) is 5.91 Å². The van der Waals surface area contributed by atoms with E-state index in [1.54, 1.807) is 37.8 Å². The van der Waals surface area contributed by atoms with E-state index in [2.05, 4.69) is 71.7 Å². The van der Waals surface area contributed by atoms with E-state index >= 15 is 0 Å². The van der Waals surface area contributed by atoms with E-state index in [-0.39, 0.29) is 5.91 Å². The third kappa shape index (κ3) is 7.06. The second-order valence-electron chi connectivity index (χ2n) is 11.8. The van der Waals surface area contributed by atoms with Crippen LogP contribution < -0.4 is 20.7 Å². The summed E-state index contributed by atoms with van der Waals surface area (Å²) in [5.74, 6) is 1.30. The first-order valence-corrected chi connectivity index (χ1v) is 18.7. The predicted molar refractivity (Wildman–Crippen MR) is 190 cm³/mol. The number of likely N-dealkylation sites (tertiary alicyclic amines) is 1. The number of carbonyl (C=O) groups excluding carboxylic acids is 1. The summed E-state index contributed by atoms with van der Waals surface area (Å²) in [4.78, 5) is 38.7. The smallest absolute Gasteiger partial charge is 0.255 e. The zero-order valence-electron chi connectivity index (χ0n) is 26.4. The van der Waals surface area contributed by atoms with Crippen molar-refractivity contribution in [3.63, 3.8) is 0 Å². The Bertz CT molecular complexity index is 1730. The molecule has 4 aromatic rings. The number of methoxy groups -OCH3 is 1. The van der Waals surface area contributed by atoms with Gasteiger partial charge in [-0.3, -0.25) is 19.7 Å². The molecule has 2 aliphatic heterocycles. The van der Waals surface area contributed by atoms with Crippen molar-refractivity contribution in [3.05, 3.63) is 57.9 Å². The molecule has 6 rings (SSSR count). The molecular weight excluding hydrogens is 689 g/mol. The summed E-state index contributed by atoms with van der Waals surface area (Å²) in [7, 11) is 3.23. The monoisotopic (exact) mass is 725 g/mol. The molecule has 4 heterocycles. The lowest BCUT2D eigenvalue weighted by Crippen LogP contribution is -2.53. The molecule has 0 aliphatic carbocycles. The summed E-state index contributed by atoms with van der Waals surface area (Å²) in [6.07, 6.45) is 7.02. The molecule has 242 valence electrons. The van der Waals surface area contributed by atoms with Crippen LogP contribution in [0.1, 0.15) is 23.2 Å². The van der Waals surface area contributed by atoms with Crippen molar-refractivity contribution in [2.24, 2.45) is 0 Å². The lowest BCUT2D eigenvalue weighted by molar-refractivity contribution is 0.0518. The number of nitrogens with one attached hydrogen (secondary N) is 2. The molecule has 2 aromatic carbocycles. The highest BCUT2D eigenvalue weighted by Gasteiger charge is 2.30. The highest BCUT2D eigenvalue weighted by molar-refractivity contribution is 9.10. The molecule has 2 aromatic heterocycles. The maximum atomic E-state index is 13.6. The van der Waals surface area contributed by atoms with Crippen LogP contribution in [0.3, 0.4) is 0 Å². The van der Waals surface area contributed by atoms with Crippen LogP contribution in [0.4, 0.5) is 23.1 Å². The first-order valence-electron chi connectivity index (χ1n) is 15.3. The van der Waals surface area contributed by atoms with Gasteiger partial charge >= 0.3 is 0 Å². The van der Waals surface area contributed by atoms with Crippen LogP contribution in [0, 0.1) is 0 Å². The van der Waals surface area contributed by atoms with Gasteiger partial charge in [0, 0.05) is 74.9 Å². The molecule has 46 heavy (non-hydrogen) atoms. The number of hydrogen-bond donors (Lipinski definition) is 2. The number of amides is 1. The Balaban J connectivity index is 1.18. The molecule has 0 saturated carbocycles. The van der Waals surface area contributed by atoms with E-state index in [9.17, 15) is 4.79 Å². The highest BCUT2D eigenvalue weighted by atomic mass is 79.9. The van der Waals surface area contributed by atoms with Gasteiger partial charge < -0.3 is 25.2 Å². The van der Waals surface area contributed by atoms with Crippen LogP contribution in [0.25, 0.3) is 11.0 Å². The molecule has 11 nitrogen and oxygen atoms in total. The van der Waals surface area contributed by atoms with E-state index in [0.717, 1.165) is 61.0 Å². The van der Waals surface area contributed by atoms with Crippen LogP contribution in [0.2, 0.25) is 5.02 Å². The second-order valence-corrected chi connectivity index (χ2v) is 15.3. The van der Waals surface area contributed by atoms with E-state index < -0.39 is 7.92 Å². The summed E-state index contributed by atoms with van der Waals surface area (Å²) in [6, 6.07) is 7.87. The summed E-state index contributed by atoms with van der Waals surface area (Å²) in [6.45, 7) is 10.2. The van der Waals surface area contributed by atoms with Crippen molar-refractivity contribution >= 4 is 80.8 Å². The molecule has 14 heteroatoms. The Morgan fingerprint density at radius 1 is 1.00 bits per heavy atom. The predicted octanol–water partition coefficient (Wildman–Crippen LogP) is 5.55. The third-order valence-corrected chi connectivity index (χ3v) is 10.9. The number of likely N-dealkylation sites (N-methyl/N-ethyl adjacent to an activating group) is 1. The minimum absolute atomic E-state index is 0.0826. The van der Waals surface area contributed by atoms with Crippen LogP contribution in [-0.4, -0.2) is 113 Å². The number of aromatic nitrogens is 4. The molecule has 2 N–H and O–H groups in total. The Morgan fingerprint density at radius 2 is 1.74 bits per heavy atom. The number of piperazine rings is 1. The van der Waals surface area contributed by atoms with Gasteiger partial charge in [-0.2, -0.15) is 4.98 Å². The highest BCUT2D eigenvalue weighted by Crippen LogP contribution is 2.36. The maximum Gasteiger partial charge on any atom is 0.255 e. The number of hydrogen-bond acceptors (Lipinski definition) is 10. The van der Waals surface area contributed by atoms with Crippen molar-refractivity contribution < 1.29 is 9.53 Å². The Hall–Kier alpha value is -3.15. The fourth-order valence-corrected chi connectivity index (χ4v) is 7.86. The molecule has 0 radical (unpaired) electrons. The summed E-state index contributed by atoms with van der Waals surface area (Å²) < 4.78 is 6.39. The first-order chi connectivity index (χ1) is 22.2. The number of halogens is 2. The van der Waals surface area contributed by atoms with Gasteiger partial charge in [-0.25, -0.2) is 4.98 Å². The van der Waals surface area contributed by atoms with Gasteiger partial charge in [0.1, 0.15) is 11.6 Å². The number of piperidine rings is 1. The van der Waals surface area contributed by atoms with Gasteiger partial charge in [-0.05, 0) is 73.4 Å². The SMILES string of the molecule is COc1cc(C(=O)N2CCC(N3CCN(C)CC3)CC2)c(Cl)cc1Nc1ncc(Br)c(Nc2ccc3nccnc3c2P(C)C)n1. The Kier molecular flexibility index (Phi) is 10.2. The molecule has 2 fully saturated rings. The van der Waals surface area contributed by atoms with Crippen molar-refractivity contribution in [1.82, 2.24) is 34.6 Å². The van der Waals surface area contributed by atoms with Crippen molar-refractivity contribution in [1.29, 1.82) is 0 Å². The van der Waals surface area contributed by atoms with Crippen molar-refractivity contribution in [2.45, 2.75) is 18.9 Å². The van der Waals surface area contributed by atoms with E-state index in [1.165, 1.54) is 0 Å². The van der Waals surface area contributed by atoms with Gasteiger partial charge in [-0.1, -0.05) is 19.5 Å². The quantitative estimate of drug-likeness (QED) is 0.224. The summed E-state index contributed by atoms with van der Waals surface area (Å²) >= 11 is 10.3. The average Bonchev–Trinajstić information content (AvgIpc) is 3.06. The lowest BCUT2D eigenvalue weighted by Gasteiger charge is -2.42. The Labute approximate surface area is 284 Å². The number of anilines is 4. The zero-order chi connectivity index (χ0) is 32.4. The molecule has 0 spiro atoms. The summed E-state index contributed by atoms with van der Waals surface area (Å²) in [5, 5.41) is 8.14. The number of carbonyl (C=O) groups is 1. The normalized spacial score (nSPS) is 16.6. The number of fused-ring (bicyclic) bond motifs is 1. The van der Waals surface area contributed by atoms with Crippen LogP contribution in [-0.2, 0) is 0 Å². The molecule has 1 amide bonds. The van der Waals surface area contributed by atoms with E-state index in [4.69, 9.17) is 21.3 Å². The minimum Gasteiger partial charge on any atom is -0.495 e. The fourth-order valence-electron chi connectivity index (χ4n) is 6.11. The largest absolute Gasteiger partial charge is 0.495 e. The summed E-state index contributed by atoms with van der Waals surface area (Å²) in [5.41, 5.74) is 3.61. The standard InChI is InChI=1S/C32H38BrClN9O2P/c1-41-13-15-42(16-14-41)20-7-11-43(12-8-20)31(44)21-17-27(45-2)26(18-23(21)34)39-32-37-19-22(33)30(40-32)38-25-6-5-24-28(29(25)46(3)4)36-10-9-35-24/h5-6,9-10,17-20H,7-8,11-16H2,1-4H3,(H2,37,38,39,40). The average molecular weight is 727 g/mol. The van der Waals surface area contributed by atoms with Crippen molar-refractivity contribution in [3.8, 4) is 5.75 Å². The third-order valence-electron chi connectivity index (χ3n) is 8.63.